The highest BCUT2D eigenvalue weighted by Crippen LogP contribution is 2.31. The smallest absolute Gasteiger partial charge is 0.0815 e. The van der Waals surface area contributed by atoms with Crippen LogP contribution in [0.5, 0.6) is 0 Å². The third-order valence-electron chi connectivity index (χ3n) is 2.78. The summed E-state index contributed by atoms with van der Waals surface area (Å²) in [4.78, 5) is 0. The van der Waals surface area contributed by atoms with Gasteiger partial charge in [0.05, 0.1) is 12.1 Å². The fraction of sp³-hybridized carbons (Fsp3) is 0.571. The second-order valence-corrected chi connectivity index (χ2v) is 5.76. The van der Waals surface area contributed by atoms with Gasteiger partial charge >= 0.3 is 0 Å². The minimum absolute atomic E-state index is 0.00586. The van der Waals surface area contributed by atoms with Crippen LogP contribution in [0.15, 0.2) is 24.3 Å². The molecular weight excluding hydrogens is 234 g/mol. The molecule has 0 aliphatic rings. The van der Waals surface area contributed by atoms with Gasteiger partial charge in [0.25, 0.3) is 0 Å². The molecule has 17 heavy (non-hydrogen) atoms. The van der Waals surface area contributed by atoms with E-state index in [2.05, 4.69) is 20.8 Å². The molecule has 2 unspecified atom stereocenters. The lowest BCUT2D eigenvalue weighted by molar-refractivity contribution is -0.0283. The number of hydrogen-bond acceptors (Lipinski definition) is 2. The van der Waals surface area contributed by atoms with Gasteiger partial charge in [-0.1, -0.05) is 44.5 Å². The summed E-state index contributed by atoms with van der Waals surface area (Å²) in [6, 6.07) is 7.52. The summed E-state index contributed by atoms with van der Waals surface area (Å²) in [5.74, 6) is 0. The molecular formula is C14H22ClNO. The van der Waals surface area contributed by atoms with E-state index in [-0.39, 0.29) is 17.6 Å². The third-order valence-corrected chi connectivity index (χ3v) is 3.03. The van der Waals surface area contributed by atoms with Crippen LogP contribution < -0.4 is 5.73 Å². The van der Waals surface area contributed by atoms with Crippen molar-refractivity contribution in [3.8, 4) is 0 Å². The van der Waals surface area contributed by atoms with E-state index in [0.29, 0.717) is 6.61 Å². The highest BCUT2D eigenvalue weighted by Gasteiger charge is 2.31. The first-order valence-electron chi connectivity index (χ1n) is 5.99. The molecule has 0 aliphatic heterocycles. The second-order valence-electron chi connectivity index (χ2n) is 5.32. The van der Waals surface area contributed by atoms with E-state index in [1.54, 1.807) is 0 Å². The molecule has 0 amide bonds. The van der Waals surface area contributed by atoms with Gasteiger partial charge in [0.2, 0.25) is 0 Å². The number of nitrogens with two attached hydrogens (primary N) is 1. The summed E-state index contributed by atoms with van der Waals surface area (Å²) in [6.07, 6.45) is -0.00586. The van der Waals surface area contributed by atoms with Gasteiger partial charge in [-0.2, -0.15) is 0 Å². The minimum atomic E-state index is -0.132. The fourth-order valence-electron chi connectivity index (χ4n) is 1.93. The maximum Gasteiger partial charge on any atom is 0.0815 e. The highest BCUT2D eigenvalue weighted by atomic mass is 35.5. The lowest BCUT2D eigenvalue weighted by Crippen LogP contribution is -2.39. The fourth-order valence-corrected chi connectivity index (χ4v) is 2.06. The molecule has 0 heterocycles. The molecule has 0 radical (unpaired) electrons. The van der Waals surface area contributed by atoms with Crippen molar-refractivity contribution in [1.29, 1.82) is 0 Å². The molecule has 2 atom stereocenters. The number of benzene rings is 1. The average Bonchev–Trinajstić information content (AvgIpc) is 2.24. The van der Waals surface area contributed by atoms with E-state index in [1.165, 1.54) is 0 Å². The topological polar surface area (TPSA) is 35.2 Å². The molecule has 1 aromatic carbocycles. The number of hydrogen-bond donors (Lipinski definition) is 1. The van der Waals surface area contributed by atoms with Crippen molar-refractivity contribution < 1.29 is 4.74 Å². The van der Waals surface area contributed by atoms with E-state index in [9.17, 15) is 0 Å². The standard InChI is InChI=1S/C14H22ClNO/c1-5-17-13(14(2,3)4)12(16)10-6-8-11(15)9-7-10/h6-9,12-13H,5,16H2,1-4H3. The molecule has 2 nitrogen and oxygen atoms in total. The number of rotatable bonds is 4. The van der Waals surface area contributed by atoms with Crippen LogP contribution in [0.2, 0.25) is 5.02 Å². The summed E-state index contributed by atoms with van der Waals surface area (Å²) >= 11 is 5.87. The third kappa shape index (κ3) is 3.98. The zero-order chi connectivity index (χ0) is 13.1. The Balaban J connectivity index is 2.91. The van der Waals surface area contributed by atoms with Crippen molar-refractivity contribution in [2.45, 2.75) is 39.8 Å². The van der Waals surface area contributed by atoms with Gasteiger partial charge in [0, 0.05) is 11.6 Å². The first kappa shape index (κ1) is 14.5. The van der Waals surface area contributed by atoms with Gasteiger partial charge in [0.1, 0.15) is 0 Å². The molecule has 0 saturated heterocycles. The zero-order valence-corrected chi connectivity index (χ0v) is 11.8. The predicted octanol–water partition coefficient (Wildman–Crippen LogP) is 3.79. The summed E-state index contributed by atoms with van der Waals surface area (Å²) < 4.78 is 5.79. The number of ether oxygens (including phenoxy) is 1. The Kier molecular flexibility index (Phi) is 4.99. The van der Waals surface area contributed by atoms with Crippen LogP contribution in [0.25, 0.3) is 0 Å². The van der Waals surface area contributed by atoms with Gasteiger partial charge in [-0.05, 0) is 30.0 Å². The Labute approximate surface area is 109 Å². The molecule has 1 rings (SSSR count). The monoisotopic (exact) mass is 255 g/mol. The van der Waals surface area contributed by atoms with Crippen molar-refractivity contribution in [1.82, 2.24) is 0 Å². The van der Waals surface area contributed by atoms with Crippen LogP contribution in [0, 0.1) is 5.41 Å². The Bertz CT molecular complexity index is 342. The molecule has 0 spiro atoms. The van der Waals surface area contributed by atoms with E-state index in [1.807, 2.05) is 31.2 Å². The molecule has 0 aromatic heterocycles. The van der Waals surface area contributed by atoms with Gasteiger partial charge in [-0.15, -0.1) is 0 Å². The lowest BCUT2D eigenvalue weighted by atomic mass is 9.82. The predicted molar refractivity (Wildman–Crippen MR) is 73.2 cm³/mol. The van der Waals surface area contributed by atoms with Crippen LogP contribution in [0.1, 0.15) is 39.3 Å². The molecule has 2 N–H and O–H groups in total. The van der Waals surface area contributed by atoms with Crippen LogP contribution in [-0.4, -0.2) is 12.7 Å². The lowest BCUT2D eigenvalue weighted by Gasteiger charge is -2.35. The Morgan fingerprint density at radius 3 is 2.18 bits per heavy atom. The molecule has 3 heteroatoms. The maximum absolute atomic E-state index is 6.29. The second kappa shape index (κ2) is 5.85. The van der Waals surface area contributed by atoms with E-state index in [0.717, 1.165) is 10.6 Å². The van der Waals surface area contributed by atoms with Crippen molar-refractivity contribution in [3.63, 3.8) is 0 Å². The van der Waals surface area contributed by atoms with Crippen molar-refractivity contribution in [2.24, 2.45) is 11.1 Å². The van der Waals surface area contributed by atoms with Crippen LogP contribution in [-0.2, 0) is 4.74 Å². The molecule has 96 valence electrons. The quantitative estimate of drug-likeness (QED) is 0.889. The van der Waals surface area contributed by atoms with Crippen molar-refractivity contribution in [3.05, 3.63) is 34.9 Å². The van der Waals surface area contributed by atoms with Gasteiger partial charge in [0.15, 0.2) is 0 Å². The average molecular weight is 256 g/mol. The van der Waals surface area contributed by atoms with E-state index < -0.39 is 0 Å². The zero-order valence-electron chi connectivity index (χ0n) is 11.0. The Morgan fingerprint density at radius 2 is 1.76 bits per heavy atom. The molecule has 0 saturated carbocycles. The number of halogens is 1. The largest absolute Gasteiger partial charge is 0.376 e. The maximum atomic E-state index is 6.29. The summed E-state index contributed by atoms with van der Waals surface area (Å²) in [5.41, 5.74) is 7.36. The normalized spacial score (nSPS) is 15.6. The highest BCUT2D eigenvalue weighted by molar-refractivity contribution is 6.30. The van der Waals surface area contributed by atoms with Crippen molar-refractivity contribution >= 4 is 11.6 Å². The summed E-state index contributed by atoms with van der Waals surface area (Å²) in [5, 5.41) is 0.727. The SMILES string of the molecule is CCOC(C(N)c1ccc(Cl)cc1)C(C)(C)C. The molecule has 0 fully saturated rings. The molecule has 0 bridgehead atoms. The summed E-state index contributed by atoms with van der Waals surface area (Å²) in [7, 11) is 0. The first-order valence-corrected chi connectivity index (χ1v) is 6.36. The molecule has 1 aromatic rings. The van der Waals surface area contributed by atoms with E-state index >= 15 is 0 Å². The Morgan fingerprint density at radius 1 is 1.24 bits per heavy atom. The van der Waals surface area contributed by atoms with E-state index in [4.69, 9.17) is 22.1 Å². The van der Waals surface area contributed by atoms with Gasteiger partial charge < -0.3 is 10.5 Å². The van der Waals surface area contributed by atoms with Crippen LogP contribution >= 0.6 is 11.6 Å². The molecule has 0 aliphatic carbocycles. The van der Waals surface area contributed by atoms with Crippen LogP contribution in [0.3, 0.4) is 0 Å². The van der Waals surface area contributed by atoms with Gasteiger partial charge in [-0.25, -0.2) is 0 Å². The Hall–Kier alpha value is -0.570. The van der Waals surface area contributed by atoms with Gasteiger partial charge in [-0.3, -0.25) is 0 Å². The first-order chi connectivity index (χ1) is 7.86. The summed E-state index contributed by atoms with van der Waals surface area (Å²) in [6.45, 7) is 9.09. The van der Waals surface area contributed by atoms with Crippen molar-refractivity contribution in [2.75, 3.05) is 6.61 Å². The minimum Gasteiger partial charge on any atom is -0.376 e. The van der Waals surface area contributed by atoms with Crippen LogP contribution in [0.4, 0.5) is 0 Å².